The lowest BCUT2D eigenvalue weighted by molar-refractivity contribution is 0.102. The number of methoxy groups -OCH3 is 1. The van der Waals surface area contributed by atoms with Crippen LogP contribution in [-0.4, -0.2) is 34.8 Å². The van der Waals surface area contributed by atoms with E-state index in [1.54, 1.807) is 25.1 Å². The average molecular weight is 495 g/mol. The molecule has 2 heterocycles. The summed E-state index contributed by atoms with van der Waals surface area (Å²) in [6.07, 6.45) is 9.20. The predicted octanol–water partition coefficient (Wildman–Crippen LogP) is 6.16. The van der Waals surface area contributed by atoms with Gasteiger partial charge in [0.25, 0.3) is 11.1 Å². The fourth-order valence-corrected chi connectivity index (χ4v) is 3.74. The van der Waals surface area contributed by atoms with Gasteiger partial charge in [-0.3, -0.25) is 15.1 Å². The first-order chi connectivity index (χ1) is 16.8. The zero-order valence-electron chi connectivity index (χ0n) is 20.3. The van der Waals surface area contributed by atoms with Crippen LogP contribution in [0.15, 0.2) is 65.9 Å². The van der Waals surface area contributed by atoms with E-state index in [0.29, 0.717) is 28.8 Å². The van der Waals surface area contributed by atoms with Gasteiger partial charge in [-0.25, -0.2) is 4.39 Å². The molecule has 0 aliphatic heterocycles. The van der Waals surface area contributed by atoms with Gasteiger partial charge in [-0.15, -0.1) is 5.10 Å². The standard InChI is InChI=1S/C26H27FN4O3S/c1-6-7-8-10-18(16(2)3)15-34-26-31-30-25(35-26)29-24(32)20-14-28-17(4)13-19(20)23-21(27)11-9-12-22(23)33-5/h6-14H,15H2,1-5H3,(H,29,30,32)/b7-6?,10-8-. The van der Waals surface area contributed by atoms with E-state index in [2.05, 4.69) is 20.5 Å². The molecule has 0 radical (unpaired) electrons. The Morgan fingerprint density at radius 1 is 1.23 bits per heavy atom. The molecule has 0 saturated heterocycles. The number of nitrogens with one attached hydrogen (secondary N) is 1. The Morgan fingerprint density at radius 3 is 2.74 bits per heavy atom. The van der Waals surface area contributed by atoms with E-state index in [0.717, 1.165) is 22.5 Å². The molecule has 35 heavy (non-hydrogen) atoms. The number of anilines is 1. The molecule has 0 bridgehead atoms. The number of hydrogen-bond donors (Lipinski definition) is 1. The van der Waals surface area contributed by atoms with E-state index < -0.39 is 11.7 Å². The van der Waals surface area contributed by atoms with Crippen LogP contribution in [0.4, 0.5) is 9.52 Å². The fourth-order valence-electron chi connectivity index (χ4n) is 3.15. The highest BCUT2D eigenvalue weighted by Gasteiger charge is 2.21. The number of ether oxygens (including phenoxy) is 2. The summed E-state index contributed by atoms with van der Waals surface area (Å²) in [5.74, 6) is -0.691. The Bertz CT molecular complexity index is 1290. The first-order valence-corrected chi connectivity index (χ1v) is 11.7. The number of carbonyl (C=O) groups excluding carboxylic acids is 1. The van der Waals surface area contributed by atoms with Crippen LogP contribution in [0.25, 0.3) is 11.1 Å². The smallest absolute Gasteiger partial charge is 0.296 e. The first-order valence-electron chi connectivity index (χ1n) is 10.9. The number of allylic oxidation sites excluding steroid dienone is 4. The van der Waals surface area contributed by atoms with Crippen LogP contribution in [0.1, 0.15) is 36.8 Å². The van der Waals surface area contributed by atoms with Crippen LogP contribution >= 0.6 is 11.3 Å². The van der Waals surface area contributed by atoms with Crippen molar-refractivity contribution in [3.05, 3.63) is 83.0 Å². The maximum atomic E-state index is 14.8. The summed E-state index contributed by atoms with van der Waals surface area (Å²) in [5.41, 5.74) is 3.49. The van der Waals surface area contributed by atoms with Crippen molar-refractivity contribution < 1.29 is 18.7 Å². The van der Waals surface area contributed by atoms with Crippen LogP contribution in [-0.2, 0) is 0 Å². The minimum absolute atomic E-state index is 0.178. The maximum Gasteiger partial charge on any atom is 0.296 e. The van der Waals surface area contributed by atoms with Crippen molar-refractivity contribution in [2.45, 2.75) is 27.7 Å². The monoisotopic (exact) mass is 494 g/mol. The van der Waals surface area contributed by atoms with E-state index in [-0.39, 0.29) is 16.3 Å². The number of pyridine rings is 1. The molecular formula is C26H27FN4O3S. The molecule has 182 valence electrons. The Hall–Kier alpha value is -3.85. The highest BCUT2D eigenvalue weighted by atomic mass is 32.1. The average Bonchev–Trinajstić information content (AvgIpc) is 3.27. The summed E-state index contributed by atoms with van der Waals surface area (Å²) in [5, 5.41) is 11.3. The second kappa shape index (κ2) is 12.0. The molecule has 1 amide bonds. The molecule has 1 aromatic carbocycles. The van der Waals surface area contributed by atoms with Crippen LogP contribution in [0.5, 0.6) is 10.9 Å². The van der Waals surface area contributed by atoms with Gasteiger partial charge in [0.2, 0.25) is 5.13 Å². The normalized spacial score (nSPS) is 11.1. The van der Waals surface area contributed by atoms with Crippen LogP contribution in [0.2, 0.25) is 0 Å². The molecule has 0 fully saturated rings. The van der Waals surface area contributed by atoms with Gasteiger partial charge < -0.3 is 9.47 Å². The van der Waals surface area contributed by atoms with Gasteiger partial charge in [0, 0.05) is 17.5 Å². The SMILES string of the molecule is CC=C/C=C\C(COc1nnc(NC(=O)c2cnc(C)cc2-c2c(F)cccc2OC)s1)=C(C)C. The highest BCUT2D eigenvalue weighted by molar-refractivity contribution is 7.17. The lowest BCUT2D eigenvalue weighted by Gasteiger charge is -2.14. The zero-order valence-corrected chi connectivity index (χ0v) is 21.1. The third-order valence-electron chi connectivity index (χ3n) is 4.97. The molecule has 0 spiro atoms. The second-order valence-corrected chi connectivity index (χ2v) is 8.65. The number of benzene rings is 1. The van der Waals surface area contributed by atoms with Gasteiger partial charge in [0.15, 0.2) is 0 Å². The van der Waals surface area contributed by atoms with Crippen LogP contribution in [0, 0.1) is 12.7 Å². The van der Waals surface area contributed by atoms with Crippen molar-refractivity contribution in [2.75, 3.05) is 19.0 Å². The van der Waals surface area contributed by atoms with Gasteiger partial charge in [0.1, 0.15) is 18.2 Å². The molecule has 0 saturated carbocycles. The number of carbonyl (C=O) groups is 1. The third kappa shape index (κ3) is 6.60. The minimum Gasteiger partial charge on any atom is -0.496 e. The molecule has 3 aromatic rings. The first kappa shape index (κ1) is 25.8. The van der Waals surface area contributed by atoms with E-state index in [4.69, 9.17) is 9.47 Å². The Labute approximate surface area is 208 Å². The molecule has 7 nitrogen and oxygen atoms in total. The summed E-state index contributed by atoms with van der Waals surface area (Å²) < 4.78 is 25.8. The molecule has 0 unspecified atom stereocenters. The molecule has 3 rings (SSSR count). The lowest BCUT2D eigenvalue weighted by atomic mass is 9.98. The molecule has 1 N–H and O–H groups in total. The number of aryl methyl sites for hydroxylation is 1. The third-order valence-corrected chi connectivity index (χ3v) is 5.72. The van der Waals surface area contributed by atoms with Crippen molar-refractivity contribution in [1.29, 1.82) is 0 Å². The highest BCUT2D eigenvalue weighted by Crippen LogP contribution is 2.35. The number of amides is 1. The molecular weight excluding hydrogens is 467 g/mol. The Balaban J connectivity index is 1.80. The quantitative estimate of drug-likeness (QED) is 0.359. The summed E-state index contributed by atoms with van der Waals surface area (Å²) >= 11 is 1.10. The zero-order chi connectivity index (χ0) is 25.4. The second-order valence-electron chi connectivity index (χ2n) is 7.71. The van der Waals surface area contributed by atoms with E-state index in [9.17, 15) is 9.18 Å². The molecule has 0 aliphatic rings. The number of aromatic nitrogens is 3. The van der Waals surface area contributed by atoms with Crippen molar-refractivity contribution in [2.24, 2.45) is 0 Å². The topological polar surface area (TPSA) is 86.2 Å². The van der Waals surface area contributed by atoms with E-state index in [1.165, 1.54) is 19.4 Å². The van der Waals surface area contributed by atoms with Crippen molar-refractivity contribution in [1.82, 2.24) is 15.2 Å². The summed E-state index contributed by atoms with van der Waals surface area (Å²) in [4.78, 5) is 17.3. The van der Waals surface area contributed by atoms with Gasteiger partial charge in [0.05, 0.1) is 18.2 Å². The van der Waals surface area contributed by atoms with Crippen molar-refractivity contribution >= 4 is 22.4 Å². The van der Waals surface area contributed by atoms with Crippen LogP contribution < -0.4 is 14.8 Å². The largest absolute Gasteiger partial charge is 0.496 e. The number of hydrogen-bond acceptors (Lipinski definition) is 7. The maximum absolute atomic E-state index is 14.8. The Morgan fingerprint density at radius 2 is 2.03 bits per heavy atom. The summed E-state index contributed by atoms with van der Waals surface area (Å²) in [7, 11) is 1.45. The Kier molecular flexibility index (Phi) is 8.86. The summed E-state index contributed by atoms with van der Waals surface area (Å²) in [6.45, 7) is 8.03. The number of halogens is 1. The van der Waals surface area contributed by atoms with E-state index in [1.807, 2.05) is 45.1 Å². The van der Waals surface area contributed by atoms with Gasteiger partial charge in [-0.1, -0.05) is 41.0 Å². The van der Waals surface area contributed by atoms with Crippen LogP contribution in [0.3, 0.4) is 0 Å². The molecule has 0 aliphatic carbocycles. The minimum atomic E-state index is -0.505. The summed E-state index contributed by atoms with van der Waals surface area (Å²) in [6, 6.07) is 6.15. The van der Waals surface area contributed by atoms with Gasteiger partial charge in [-0.2, -0.15) is 0 Å². The number of rotatable bonds is 9. The predicted molar refractivity (Wildman–Crippen MR) is 137 cm³/mol. The lowest BCUT2D eigenvalue weighted by Crippen LogP contribution is -2.14. The van der Waals surface area contributed by atoms with E-state index >= 15 is 0 Å². The molecule has 9 heteroatoms. The van der Waals surface area contributed by atoms with Crippen molar-refractivity contribution in [3.8, 4) is 22.1 Å². The number of nitrogens with zero attached hydrogens (tertiary/aromatic N) is 3. The van der Waals surface area contributed by atoms with Gasteiger partial charge >= 0.3 is 0 Å². The van der Waals surface area contributed by atoms with Crippen molar-refractivity contribution in [3.63, 3.8) is 0 Å². The molecule has 2 aromatic heterocycles. The van der Waals surface area contributed by atoms with Gasteiger partial charge in [-0.05, 0) is 62.8 Å². The fraction of sp³-hybridized carbons (Fsp3) is 0.231. The molecule has 0 atom stereocenters.